The van der Waals surface area contributed by atoms with Crippen LogP contribution >= 0.6 is 0 Å². The molecule has 0 aromatic heterocycles. The van der Waals surface area contributed by atoms with Gasteiger partial charge in [-0.15, -0.1) is 0 Å². The van der Waals surface area contributed by atoms with Crippen LogP contribution in [0.3, 0.4) is 0 Å². The van der Waals surface area contributed by atoms with E-state index in [1.165, 1.54) is 0 Å². The summed E-state index contributed by atoms with van der Waals surface area (Å²) in [7, 11) is 0. The van der Waals surface area contributed by atoms with Gasteiger partial charge in [-0.2, -0.15) is 0 Å². The van der Waals surface area contributed by atoms with Gasteiger partial charge in [0, 0.05) is 0 Å². The number of nitrogens with zero attached hydrogens (tertiary/aromatic N) is 1. The highest BCUT2D eigenvalue weighted by Crippen LogP contribution is 2.31. The Bertz CT molecular complexity index is 354. The lowest BCUT2D eigenvalue weighted by Gasteiger charge is -2.46. The molecule has 0 aromatic rings. The molecule has 1 amide bonds. The van der Waals surface area contributed by atoms with E-state index in [-0.39, 0.29) is 0 Å². The number of hydrogen-bond donors (Lipinski definition) is 2. The molecule has 2 aliphatic heterocycles. The molecule has 76 valence electrons. The van der Waals surface area contributed by atoms with Crippen LogP contribution in [-0.2, 0) is 14.3 Å². The number of halogens is 1. The summed E-state index contributed by atoms with van der Waals surface area (Å²) in [6.07, 6.45) is -0.840. The highest BCUT2D eigenvalue weighted by molar-refractivity contribution is 5.99. The molecule has 7 heteroatoms. The Hall–Kier alpha value is -1.47. The van der Waals surface area contributed by atoms with E-state index in [4.69, 9.17) is 15.6 Å². The fourth-order valence-corrected chi connectivity index (χ4v) is 1.48. The third-order valence-electron chi connectivity index (χ3n) is 2.17. The summed E-state index contributed by atoms with van der Waals surface area (Å²) >= 11 is 0. The monoisotopic (exact) mass is 202 g/mol. The van der Waals surface area contributed by atoms with Crippen LogP contribution in [-0.4, -0.2) is 40.8 Å². The lowest BCUT2D eigenvalue weighted by molar-refractivity contribution is -0.182. The van der Waals surface area contributed by atoms with Gasteiger partial charge in [-0.3, -0.25) is 9.69 Å². The number of carboxylic acids is 1. The molecule has 3 N–H and O–H groups in total. The summed E-state index contributed by atoms with van der Waals surface area (Å²) in [6, 6.07) is -0.891. The molecule has 0 bridgehead atoms. The van der Waals surface area contributed by atoms with E-state index < -0.39 is 42.3 Å². The highest BCUT2D eigenvalue weighted by atomic mass is 19.1. The fourth-order valence-electron chi connectivity index (χ4n) is 1.48. The minimum Gasteiger partial charge on any atom is -0.476 e. The summed E-state index contributed by atoms with van der Waals surface area (Å²) < 4.78 is 17.8. The maximum Gasteiger partial charge on any atom is 0.355 e. The van der Waals surface area contributed by atoms with Crippen molar-refractivity contribution < 1.29 is 23.8 Å². The number of ether oxygens (including phenoxy) is 1. The molecule has 0 saturated carbocycles. The van der Waals surface area contributed by atoms with Gasteiger partial charge in [-0.25, -0.2) is 9.18 Å². The van der Waals surface area contributed by atoms with Crippen LogP contribution in [0.25, 0.3) is 0 Å². The van der Waals surface area contributed by atoms with Crippen LogP contribution < -0.4 is 5.73 Å². The zero-order valence-electron chi connectivity index (χ0n) is 6.94. The van der Waals surface area contributed by atoms with Crippen LogP contribution in [0.5, 0.6) is 0 Å². The Balaban J connectivity index is 2.37. The van der Waals surface area contributed by atoms with Crippen molar-refractivity contribution in [3.63, 3.8) is 0 Å². The van der Waals surface area contributed by atoms with Crippen molar-refractivity contribution in [3.05, 3.63) is 11.5 Å². The summed E-state index contributed by atoms with van der Waals surface area (Å²) in [5, 5.41) is 8.65. The van der Waals surface area contributed by atoms with Crippen molar-refractivity contribution in [2.75, 3.05) is 6.61 Å². The molecule has 0 spiro atoms. The number of carbonyl (C=O) groups excluding carboxylic acids is 1. The first kappa shape index (κ1) is 9.10. The average Bonchev–Trinajstić information content (AvgIpc) is 2.15. The third-order valence-corrected chi connectivity index (χ3v) is 2.17. The van der Waals surface area contributed by atoms with E-state index in [0.29, 0.717) is 0 Å². The Morgan fingerprint density at radius 1 is 1.71 bits per heavy atom. The second-order valence-electron chi connectivity index (χ2n) is 2.99. The molecule has 2 aliphatic rings. The molecule has 1 saturated heterocycles. The van der Waals surface area contributed by atoms with Gasteiger partial charge in [0.1, 0.15) is 12.6 Å². The molecule has 2 rings (SSSR count). The summed E-state index contributed by atoms with van der Waals surface area (Å²) in [5.74, 6) is -3.09. The first-order chi connectivity index (χ1) is 6.54. The lowest BCUT2D eigenvalue weighted by Crippen LogP contribution is -2.70. The smallest absolute Gasteiger partial charge is 0.355 e. The first-order valence-electron chi connectivity index (χ1n) is 3.86. The maximum atomic E-state index is 13.0. The summed E-state index contributed by atoms with van der Waals surface area (Å²) in [6.45, 7) is -0.455. The molecule has 2 heterocycles. The van der Waals surface area contributed by atoms with Crippen molar-refractivity contribution >= 4 is 11.9 Å². The molecule has 0 aromatic carbocycles. The standard InChI is InChI=1S/C7H7FN2O4/c8-2-1-14-6-3(9)5(11)10(6)4(2)7(12)13/h3,6H,1,9H2,(H,12,13). The number of fused-ring (bicyclic) bond motifs is 1. The van der Waals surface area contributed by atoms with Gasteiger partial charge in [-0.1, -0.05) is 0 Å². The van der Waals surface area contributed by atoms with E-state index in [1.54, 1.807) is 0 Å². The molecule has 0 aliphatic carbocycles. The fraction of sp³-hybridized carbons (Fsp3) is 0.429. The Morgan fingerprint density at radius 2 is 2.36 bits per heavy atom. The molecule has 14 heavy (non-hydrogen) atoms. The Morgan fingerprint density at radius 3 is 2.93 bits per heavy atom. The van der Waals surface area contributed by atoms with Crippen molar-refractivity contribution in [1.29, 1.82) is 0 Å². The zero-order chi connectivity index (χ0) is 10.5. The van der Waals surface area contributed by atoms with Crippen LogP contribution in [0.2, 0.25) is 0 Å². The molecule has 6 nitrogen and oxygen atoms in total. The molecule has 0 radical (unpaired) electrons. The number of hydrogen-bond acceptors (Lipinski definition) is 4. The lowest BCUT2D eigenvalue weighted by atomic mass is 10.0. The maximum absolute atomic E-state index is 13.0. The van der Waals surface area contributed by atoms with Crippen LogP contribution in [0.15, 0.2) is 11.5 Å². The first-order valence-corrected chi connectivity index (χ1v) is 3.86. The summed E-state index contributed by atoms with van der Waals surface area (Å²) in [4.78, 5) is 22.5. The van der Waals surface area contributed by atoms with Gasteiger partial charge in [0.25, 0.3) is 5.91 Å². The van der Waals surface area contributed by atoms with Crippen LogP contribution in [0, 0.1) is 0 Å². The topological polar surface area (TPSA) is 92.9 Å². The second-order valence-corrected chi connectivity index (χ2v) is 2.99. The molecule has 2 unspecified atom stereocenters. The summed E-state index contributed by atoms with van der Waals surface area (Å²) in [5.41, 5.74) is 4.67. The second kappa shape index (κ2) is 2.76. The predicted octanol–water partition coefficient (Wildman–Crippen LogP) is -1.22. The zero-order valence-corrected chi connectivity index (χ0v) is 6.94. The quantitative estimate of drug-likeness (QED) is 0.520. The van der Waals surface area contributed by atoms with Crippen LogP contribution in [0.1, 0.15) is 0 Å². The predicted molar refractivity (Wildman–Crippen MR) is 40.3 cm³/mol. The minimum absolute atomic E-state index is 0.455. The van der Waals surface area contributed by atoms with Gasteiger partial charge in [-0.05, 0) is 0 Å². The third kappa shape index (κ3) is 0.962. The average molecular weight is 202 g/mol. The van der Waals surface area contributed by atoms with E-state index in [2.05, 4.69) is 0 Å². The van der Waals surface area contributed by atoms with E-state index in [1.807, 2.05) is 0 Å². The van der Waals surface area contributed by atoms with Gasteiger partial charge in [0.2, 0.25) is 0 Å². The molecular formula is C7H7FN2O4. The molecule has 1 fully saturated rings. The van der Waals surface area contributed by atoms with Crippen molar-refractivity contribution in [3.8, 4) is 0 Å². The van der Waals surface area contributed by atoms with Crippen LogP contribution in [0.4, 0.5) is 4.39 Å². The van der Waals surface area contributed by atoms with Gasteiger partial charge in [0.05, 0.1) is 0 Å². The van der Waals surface area contributed by atoms with E-state index >= 15 is 0 Å². The van der Waals surface area contributed by atoms with Crippen molar-refractivity contribution in [1.82, 2.24) is 4.90 Å². The Labute approximate surface area is 77.7 Å². The number of β-lactam (4-membered cyclic amide) rings is 1. The van der Waals surface area contributed by atoms with E-state index in [9.17, 15) is 14.0 Å². The van der Waals surface area contributed by atoms with Gasteiger partial charge >= 0.3 is 5.97 Å². The molecular weight excluding hydrogens is 195 g/mol. The minimum atomic E-state index is -1.49. The number of rotatable bonds is 1. The highest BCUT2D eigenvalue weighted by Gasteiger charge is 2.52. The number of nitrogens with two attached hydrogens (primary N) is 1. The number of carboxylic acid groups (broad SMARTS) is 1. The van der Waals surface area contributed by atoms with Crippen molar-refractivity contribution in [2.24, 2.45) is 5.73 Å². The largest absolute Gasteiger partial charge is 0.476 e. The number of amides is 1. The number of aliphatic carboxylic acids is 1. The normalized spacial score (nSPS) is 31.3. The van der Waals surface area contributed by atoms with Gasteiger partial charge in [0.15, 0.2) is 17.8 Å². The SMILES string of the molecule is NC1C(=O)N2C(C(=O)O)=C(F)COC12. The molecule has 2 atom stereocenters. The number of carbonyl (C=O) groups is 2. The van der Waals surface area contributed by atoms with Crippen molar-refractivity contribution in [2.45, 2.75) is 12.3 Å². The Kier molecular flexibility index (Phi) is 1.79. The van der Waals surface area contributed by atoms with E-state index in [0.717, 1.165) is 4.90 Å². The van der Waals surface area contributed by atoms with Gasteiger partial charge < -0.3 is 15.6 Å².